The molecule has 0 saturated heterocycles. The molecule has 4 nitrogen and oxygen atoms in total. The van der Waals surface area contributed by atoms with Gasteiger partial charge in [0.05, 0.1) is 17.8 Å². The highest BCUT2D eigenvalue weighted by Crippen LogP contribution is 2.28. The molecule has 0 bridgehead atoms. The van der Waals surface area contributed by atoms with Crippen LogP contribution in [0.4, 0.5) is 0 Å². The standard InChI is InChI=1S/C16H29N3O/c1-16(2,3)10-15(20)12-17-11-13-8-9-19(18-13)14-6-4-5-7-14/h8-9,14-15,17,20H,4-7,10-12H2,1-3H3. The molecule has 1 fully saturated rings. The van der Waals surface area contributed by atoms with E-state index in [9.17, 15) is 5.11 Å². The van der Waals surface area contributed by atoms with Crippen molar-refractivity contribution in [3.8, 4) is 0 Å². The Labute approximate surface area is 122 Å². The molecule has 2 rings (SSSR count). The first kappa shape index (κ1) is 15.5. The second-order valence-electron chi connectivity index (χ2n) is 7.27. The van der Waals surface area contributed by atoms with Crippen molar-refractivity contribution in [2.24, 2.45) is 5.41 Å². The summed E-state index contributed by atoms with van der Waals surface area (Å²) >= 11 is 0. The van der Waals surface area contributed by atoms with Crippen LogP contribution >= 0.6 is 0 Å². The summed E-state index contributed by atoms with van der Waals surface area (Å²) in [5.74, 6) is 0. The molecule has 20 heavy (non-hydrogen) atoms. The van der Waals surface area contributed by atoms with Gasteiger partial charge in [-0.2, -0.15) is 5.10 Å². The summed E-state index contributed by atoms with van der Waals surface area (Å²) in [4.78, 5) is 0. The molecule has 114 valence electrons. The van der Waals surface area contributed by atoms with E-state index in [0.29, 0.717) is 12.6 Å². The molecule has 1 atom stereocenters. The van der Waals surface area contributed by atoms with E-state index in [2.05, 4.69) is 48.1 Å². The first-order valence-corrected chi connectivity index (χ1v) is 7.87. The van der Waals surface area contributed by atoms with Crippen molar-refractivity contribution >= 4 is 0 Å². The molecule has 4 heteroatoms. The molecular weight excluding hydrogens is 250 g/mol. The van der Waals surface area contributed by atoms with Crippen LogP contribution in [0.5, 0.6) is 0 Å². The molecule has 0 amide bonds. The maximum Gasteiger partial charge on any atom is 0.0762 e. The van der Waals surface area contributed by atoms with Crippen LogP contribution in [-0.2, 0) is 6.54 Å². The van der Waals surface area contributed by atoms with E-state index in [4.69, 9.17) is 0 Å². The fourth-order valence-corrected chi connectivity index (χ4v) is 2.99. The number of aliphatic hydroxyl groups excluding tert-OH is 1. The van der Waals surface area contributed by atoms with E-state index in [1.807, 2.05) is 0 Å². The van der Waals surface area contributed by atoms with Gasteiger partial charge in [0.25, 0.3) is 0 Å². The summed E-state index contributed by atoms with van der Waals surface area (Å²) in [5, 5.41) is 17.9. The lowest BCUT2D eigenvalue weighted by molar-refractivity contribution is 0.119. The van der Waals surface area contributed by atoms with Crippen molar-refractivity contribution in [3.63, 3.8) is 0 Å². The molecule has 1 unspecified atom stereocenters. The minimum absolute atomic E-state index is 0.172. The lowest BCUT2D eigenvalue weighted by Gasteiger charge is -2.22. The lowest BCUT2D eigenvalue weighted by atomic mass is 9.89. The van der Waals surface area contributed by atoms with Crippen LogP contribution < -0.4 is 5.32 Å². The van der Waals surface area contributed by atoms with Gasteiger partial charge < -0.3 is 10.4 Å². The summed E-state index contributed by atoms with van der Waals surface area (Å²) in [6, 6.07) is 2.69. The Hall–Kier alpha value is -0.870. The molecule has 1 heterocycles. The van der Waals surface area contributed by atoms with Gasteiger partial charge in [0, 0.05) is 19.3 Å². The number of nitrogens with one attached hydrogen (secondary N) is 1. The molecule has 1 aliphatic rings. The number of hydrogen-bond donors (Lipinski definition) is 2. The fraction of sp³-hybridized carbons (Fsp3) is 0.812. The highest BCUT2D eigenvalue weighted by atomic mass is 16.3. The van der Waals surface area contributed by atoms with E-state index >= 15 is 0 Å². The van der Waals surface area contributed by atoms with Gasteiger partial charge in [0.2, 0.25) is 0 Å². The van der Waals surface area contributed by atoms with Gasteiger partial charge in [-0.05, 0) is 30.7 Å². The Morgan fingerprint density at radius 1 is 1.40 bits per heavy atom. The smallest absolute Gasteiger partial charge is 0.0762 e. The zero-order valence-electron chi connectivity index (χ0n) is 13.1. The zero-order valence-corrected chi connectivity index (χ0v) is 13.1. The summed E-state index contributed by atoms with van der Waals surface area (Å²) in [6.45, 7) is 7.83. The lowest BCUT2D eigenvalue weighted by Crippen LogP contribution is -2.30. The number of aliphatic hydroxyl groups is 1. The van der Waals surface area contributed by atoms with Crippen LogP contribution in [0.25, 0.3) is 0 Å². The highest BCUT2D eigenvalue weighted by molar-refractivity contribution is 5.00. The average Bonchev–Trinajstić information content (AvgIpc) is 2.96. The normalized spacial score (nSPS) is 18.6. The van der Waals surface area contributed by atoms with Crippen LogP contribution in [0.2, 0.25) is 0 Å². The van der Waals surface area contributed by atoms with E-state index in [1.54, 1.807) is 0 Å². The molecule has 2 N–H and O–H groups in total. The number of nitrogens with zero attached hydrogens (tertiary/aromatic N) is 2. The number of aromatic nitrogens is 2. The number of rotatable bonds is 6. The monoisotopic (exact) mass is 279 g/mol. The second-order valence-corrected chi connectivity index (χ2v) is 7.27. The van der Waals surface area contributed by atoms with Crippen molar-refractivity contribution in [1.82, 2.24) is 15.1 Å². The van der Waals surface area contributed by atoms with E-state index < -0.39 is 0 Å². The van der Waals surface area contributed by atoms with Crippen molar-refractivity contribution in [2.75, 3.05) is 6.54 Å². The first-order chi connectivity index (χ1) is 9.44. The molecule has 0 spiro atoms. The molecule has 0 radical (unpaired) electrons. The van der Waals surface area contributed by atoms with Crippen LogP contribution in [0.3, 0.4) is 0 Å². The van der Waals surface area contributed by atoms with E-state index in [1.165, 1.54) is 25.7 Å². The molecule has 1 aliphatic carbocycles. The topological polar surface area (TPSA) is 50.1 Å². The third-order valence-corrected chi connectivity index (χ3v) is 3.90. The van der Waals surface area contributed by atoms with Crippen molar-refractivity contribution < 1.29 is 5.11 Å². The Morgan fingerprint density at radius 2 is 2.10 bits per heavy atom. The summed E-state index contributed by atoms with van der Waals surface area (Å²) in [5.41, 5.74) is 1.24. The number of hydrogen-bond acceptors (Lipinski definition) is 3. The van der Waals surface area contributed by atoms with Gasteiger partial charge in [-0.3, -0.25) is 4.68 Å². The zero-order chi connectivity index (χ0) is 14.6. The van der Waals surface area contributed by atoms with Crippen LogP contribution in [0, 0.1) is 5.41 Å². The van der Waals surface area contributed by atoms with Gasteiger partial charge in [0.15, 0.2) is 0 Å². The molecule has 1 aromatic heterocycles. The maximum absolute atomic E-state index is 9.95. The fourth-order valence-electron chi connectivity index (χ4n) is 2.99. The van der Waals surface area contributed by atoms with Gasteiger partial charge in [-0.15, -0.1) is 0 Å². The van der Waals surface area contributed by atoms with Crippen molar-refractivity contribution in [2.45, 2.75) is 71.6 Å². The summed E-state index contributed by atoms with van der Waals surface area (Å²) < 4.78 is 2.12. The van der Waals surface area contributed by atoms with Gasteiger partial charge >= 0.3 is 0 Å². The second kappa shape index (κ2) is 6.72. The molecule has 1 saturated carbocycles. The van der Waals surface area contributed by atoms with Gasteiger partial charge in [-0.1, -0.05) is 33.6 Å². The molecular formula is C16H29N3O. The Morgan fingerprint density at radius 3 is 2.75 bits per heavy atom. The quantitative estimate of drug-likeness (QED) is 0.842. The highest BCUT2D eigenvalue weighted by Gasteiger charge is 2.18. The first-order valence-electron chi connectivity index (χ1n) is 7.87. The summed E-state index contributed by atoms with van der Waals surface area (Å²) in [7, 11) is 0. The van der Waals surface area contributed by atoms with Crippen LogP contribution in [-0.4, -0.2) is 27.5 Å². The van der Waals surface area contributed by atoms with Gasteiger partial charge in [0.1, 0.15) is 0 Å². The van der Waals surface area contributed by atoms with Crippen LogP contribution in [0.15, 0.2) is 12.3 Å². The third kappa shape index (κ3) is 4.91. The average molecular weight is 279 g/mol. The largest absolute Gasteiger partial charge is 0.392 e. The molecule has 0 aliphatic heterocycles. The Kier molecular flexibility index (Phi) is 5.22. The van der Waals surface area contributed by atoms with Crippen molar-refractivity contribution in [3.05, 3.63) is 18.0 Å². The Bertz CT molecular complexity index is 402. The van der Waals surface area contributed by atoms with Gasteiger partial charge in [-0.25, -0.2) is 0 Å². The maximum atomic E-state index is 9.95. The SMILES string of the molecule is CC(C)(C)CC(O)CNCc1ccn(C2CCCC2)n1. The predicted octanol–water partition coefficient (Wildman–Crippen LogP) is 2.88. The molecule has 1 aromatic rings. The minimum atomic E-state index is -0.285. The minimum Gasteiger partial charge on any atom is -0.392 e. The molecule has 0 aromatic carbocycles. The van der Waals surface area contributed by atoms with Crippen molar-refractivity contribution in [1.29, 1.82) is 0 Å². The predicted molar refractivity (Wildman–Crippen MR) is 81.5 cm³/mol. The third-order valence-electron chi connectivity index (χ3n) is 3.90. The Balaban J connectivity index is 1.71. The van der Waals surface area contributed by atoms with Crippen LogP contribution in [0.1, 0.15) is 64.6 Å². The van der Waals surface area contributed by atoms with E-state index in [0.717, 1.165) is 18.7 Å². The van der Waals surface area contributed by atoms with E-state index in [-0.39, 0.29) is 11.5 Å². The summed E-state index contributed by atoms with van der Waals surface area (Å²) in [6.07, 6.45) is 7.81.